The molecule has 2 rings (SSSR count). The third-order valence-corrected chi connectivity index (χ3v) is 3.78. The fraction of sp³-hybridized carbons (Fsp3) is 0.267. The first-order valence-electron chi connectivity index (χ1n) is 5.99. The Kier molecular flexibility index (Phi) is 4.39. The van der Waals surface area contributed by atoms with Crippen LogP contribution in [0.15, 0.2) is 47.5 Å². The van der Waals surface area contributed by atoms with Crippen molar-refractivity contribution in [1.29, 1.82) is 0 Å². The van der Waals surface area contributed by atoms with Crippen molar-refractivity contribution in [3.63, 3.8) is 0 Å². The predicted octanol–water partition coefficient (Wildman–Crippen LogP) is 3.74. The molecule has 1 heterocycles. The number of nitrogens with zero attached hydrogens (tertiary/aromatic N) is 1. The van der Waals surface area contributed by atoms with E-state index in [-0.39, 0.29) is 0 Å². The number of hydrogen-bond acceptors (Lipinski definition) is 3. The number of aliphatic hydroxyl groups is 1. The minimum Gasteiger partial charge on any atom is -0.389 e. The zero-order valence-electron chi connectivity index (χ0n) is 10.6. The summed E-state index contributed by atoms with van der Waals surface area (Å²) >= 11 is 1.72. The number of pyridine rings is 1. The van der Waals surface area contributed by atoms with Gasteiger partial charge in [0.1, 0.15) is 0 Å². The summed E-state index contributed by atoms with van der Waals surface area (Å²) in [5, 5.41) is 10.6. The molecule has 1 aromatic carbocycles. The summed E-state index contributed by atoms with van der Waals surface area (Å²) in [6, 6.07) is 14.3. The molecule has 94 valence electrons. The minimum atomic E-state index is -0.453. The van der Waals surface area contributed by atoms with Gasteiger partial charge in [0.05, 0.1) is 11.1 Å². The van der Waals surface area contributed by atoms with Gasteiger partial charge in [-0.05, 0) is 25.5 Å². The molecule has 0 radical (unpaired) electrons. The highest BCUT2D eigenvalue weighted by atomic mass is 32.2. The van der Waals surface area contributed by atoms with Crippen LogP contribution in [0.3, 0.4) is 0 Å². The van der Waals surface area contributed by atoms with Crippen LogP contribution in [0.2, 0.25) is 0 Å². The summed E-state index contributed by atoms with van der Waals surface area (Å²) < 4.78 is 0. The number of hydrogen-bond donors (Lipinski definition) is 1. The Morgan fingerprint density at radius 3 is 2.50 bits per heavy atom. The Morgan fingerprint density at radius 2 is 1.89 bits per heavy atom. The van der Waals surface area contributed by atoms with Crippen LogP contribution in [0.1, 0.15) is 29.8 Å². The van der Waals surface area contributed by atoms with Gasteiger partial charge in [0.25, 0.3) is 0 Å². The standard InChI is InChI=1S/C15H17NOS/c1-11-14(12(2)17)8-9-15(16-11)18-10-13-6-4-3-5-7-13/h3-9,12,17H,10H2,1-2H3/t12-/m1/s1. The number of thioether (sulfide) groups is 1. The lowest BCUT2D eigenvalue weighted by Crippen LogP contribution is -1.98. The van der Waals surface area contributed by atoms with Gasteiger partial charge in [-0.1, -0.05) is 36.4 Å². The summed E-state index contributed by atoms with van der Waals surface area (Å²) in [7, 11) is 0. The van der Waals surface area contributed by atoms with Crippen LogP contribution in [0.25, 0.3) is 0 Å². The van der Waals surface area contributed by atoms with Crippen molar-refractivity contribution in [2.45, 2.75) is 30.7 Å². The largest absolute Gasteiger partial charge is 0.389 e. The van der Waals surface area contributed by atoms with E-state index in [4.69, 9.17) is 0 Å². The molecule has 1 aromatic heterocycles. The number of aromatic nitrogens is 1. The van der Waals surface area contributed by atoms with Crippen molar-refractivity contribution < 1.29 is 5.11 Å². The molecule has 0 spiro atoms. The van der Waals surface area contributed by atoms with Crippen LogP contribution in [-0.2, 0) is 5.75 Å². The van der Waals surface area contributed by atoms with Crippen molar-refractivity contribution in [2.75, 3.05) is 0 Å². The topological polar surface area (TPSA) is 33.1 Å². The van der Waals surface area contributed by atoms with E-state index >= 15 is 0 Å². The lowest BCUT2D eigenvalue weighted by molar-refractivity contribution is 0.198. The first-order valence-corrected chi connectivity index (χ1v) is 6.97. The average Bonchev–Trinajstić information content (AvgIpc) is 2.37. The highest BCUT2D eigenvalue weighted by Crippen LogP contribution is 2.24. The summed E-state index contributed by atoms with van der Waals surface area (Å²) in [4.78, 5) is 4.51. The van der Waals surface area contributed by atoms with Gasteiger partial charge in [-0.3, -0.25) is 0 Å². The smallest absolute Gasteiger partial charge is 0.0966 e. The lowest BCUT2D eigenvalue weighted by atomic mass is 10.1. The van der Waals surface area contributed by atoms with Gasteiger partial charge in [-0.25, -0.2) is 4.98 Å². The Morgan fingerprint density at radius 1 is 1.17 bits per heavy atom. The normalized spacial score (nSPS) is 12.4. The maximum Gasteiger partial charge on any atom is 0.0966 e. The Balaban J connectivity index is 2.05. The molecule has 2 aromatic rings. The van der Waals surface area contributed by atoms with Crippen molar-refractivity contribution >= 4 is 11.8 Å². The monoisotopic (exact) mass is 259 g/mol. The zero-order valence-corrected chi connectivity index (χ0v) is 11.4. The summed E-state index contributed by atoms with van der Waals surface area (Å²) in [5.41, 5.74) is 3.10. The molecule has 1 N–H and O–H groups in total. The first kappa shape index (κ1) is 13.1. The van der Waals surface area contributed by atoms with Gasteiger partial charge < -0.3 is 5.11 Å². The molecule has 0 fully saturated rings. The molecule has 1 atom stereocenters. The maximum atomic E-state index is 9.56. The molecule has 3 heteroatoms. The Bertz CT molecular complexity index is 511. The van der Waals surface area contributed by atoms with E-state index in [1.165, 1.54) is 5.56 Å². The van der Waals surface area contributed by atoms with Crippen LogP contribution in [0, 0.1) is 6.92 Å². The molecule has 0 saturated heterocycles. The van der Waals surface area contributed by atoms with Crippen molar-refractivity contribution in [2.24, 2.45) is 0 Å². The van der Waals surface area contributed by atoms with E-state index < -0.39 is 6.10 Å². The van der Waals surface area contributed by atoms with Crippen LogP contribution < -0.4 is 0 Å². The van der Waals surface area contributed by atoms with Crippen molar-refractivity contribution in [1.82, 2.24) is 4.98 Å². The third kappa shape index (κ3) is 3.34. The summed E-state index contributed by atoms with van der Waals surface area (Å²) in [6.07, 6.45) is -0.453. The van der Waals surface area contributed by atoms with E-state index in [1.54, 1.807) is 18.7 Å². The SMILES string of the molecule is Cc1nc(SCc2ccccc2)ccc1[C@@H](C)O. The lowest BCUT2D eigenvalue weighted by Gasteiger charge is -2.09. The van der Waals surface area contributed by atoms with Gasteiger partial charge >= 0.3 is 0 Å². The second-order valence-corrected chi connectivity index (χ2v) is 5.27. The number of benzene rings is 1. The van der Waals surface area contributed by atoms with Crippen LogP contribution in [0.5, 0.6) is 0 Å². The van der Waals surface area contributed by atoms with E-state index in [9.17, 15) is 5.11 Å². The molecule has 0 unspecified atom stereocenters. The molecule has 0 aliphatic carbocycles. The molecule has 0 aliphatic rings. The van der Waals surface area contributed by atoms with E-state index in [2.05, 4.69) is 17.1 Å². The molecular formula is C15H17NOS. The molecule has 18 heavy (non-hydrogen) atoms. The summed E-state index contributed by atoms with van der Waals surface area (Å²) in [5.74, 6) is 0.918. The van der Waals surface area contributed by atoms with Gasteiger partial charge in [0.15, 0.2) is 0 Å². The van der Waals surface area contributed by atoms with E-state index in [1.807, 2.05) is 37.3 Å². The molecule has 0 aliphatic heterocycles. The zero-order chi connectivity index (χ0) is 13.0. The van der Waals surface area contributed by atoms with E-state index in [0.29, 0.717) is 0 Å². The quantitative estimate of drug-likeness (QED) is 0.849. The van der Waals surface area contributed by atoms with Crippen LogP contribution >= 0.6 is 11.8 Å². The predicted molar refractivity (Wildman–Crippen MR) is 75.6 cm³/mol. The molecule has 2 nitrogen and oxygen atoms in total. The van der Waals surface area contributed by atoms with Gasteiger partial charge in [0.2, 0.25) is 0 Å². The molecular weight excluding hydrogens is 242 g/mol. The number of aliphatic hydroxyl groups excluding tert-OH is 1. The second-order valence-electron chi connectivity index (χ2n) is 4.27. The van der Waals surface area contributed by atoms with Crippen molar-refractivity contribution in [3.05, 3.63) is 59.3 Å². The fourth-order valence-electron chi connectivity index (χ4n) is 1.80. The molecule has 0 saturated carbocycles. The van der Waals surface area contributed by atoms with Gasteiger partial charge in [-0.15, -0.1) is 11.8 Å². The Hall–Kier alpha value is -1.32. The van der Waals surface area contributed by atoms with Crippen LogP contribution in [-0.4, -0.2) is 10.1 Å². The van der Waals surface area contributed by atoms with Gasteiger partial charge in [0, 0.05) is 17.0 Å². The van der Waals surface area contributed by atoms with Gasteiger partial charge in [-0.2, -0.15) is 0 Å². The molecule has 0 bridgehead atoms. The fourth-order valence-corrected chi connectivity index (χ4v) is 2.67. The van der Waals surface area contributed by atoms with E-state index in [0.717, 1.165) is 22.0 Å². The third-order valence-electron chi connectivity index (χ3n) is 2.78. The minimum absolute atomic E-state index is 0.453. The first-order chi connectivity index (χ1) is 8.66. The van der Waals surface area contributed by atoms with Crippen molar-refractivity contribution in [3.8, 4) is 0 Å². The molecule has 0 amide bonds. The number of rotatable bonds is 4. The second kappa shape index (κ2) is 6.03. The number of aryl methyl sites for hydroxylation is 1. The summed E-state index contributed by atoms with van der Waals surface area (Å²) in [6.45, 7) is 3.70. The highest BCUT2D eigenvalue weighted by molar-refractivity contribution is 7.98. The highest BCUT2D eigenvalue weighted by Gasteiger charge is 2.07. The Labute approximate surface area is 112 Å². The average molecular weight is 259 g/mol. The maximum absolute atomic E-state index is 9.56. The van der Waals surface area contributed by atoms with Crippen LogP contribution in [0.4, 0.5) is 0 Å².